The van der Waals surface area contributed by atoms with E-state index in [1.807, 2.05) is 25.1 Å². The molecule has 0 fully saturated rings. The standard InChI is InChI=1S/C12H10BrFN2/c1-8-3-2-4-10(12(8)13)16-9-5-6-15-11(14)7-9/h2-7H,1H3,(H,15,16). The molecule has 1 N–H and O–H groups in total. The summed E-state index contributed by atoms with van der Waals surface area (Å²) in [4.78, 5) is 3.50. The fraction of sp³-hybridized carbons (Fsp3) is 0.0833. The maximum Gasteiger partial charge on any atom is 0.214 e. The van der Waals surface area contributed by atoms with Gasteiger partial charge in [0, 0.05) is 22.4 Å². The SMILES string of the molecule is Cc1cccc(Nc2ccnc(F)c2)c1Br. The lowest BCUT2D eigenvalue weighted by molar-refractivity contribution is 0.584. The van der Waals surface area contributed by atoms with Gasteiger partial charge in [0.05, 0.1) is 5.69 Å². The Hall–Kier alpha value is -1.42. The molecular formula is C12H10BrFN2. The zero-order chi connectivity index (χ0) is 11.5. The number of aromatic nitrogens is 1. The third kappa shape index (κ3) is 2.39. The highest BCUT2D eigenvalue weighted by atomic mass is 79.9. The molecule has 2 aromatic rings. The zero-order valence-electron chi connectivity index (χ0n) is 8.67. The van der Waals surface area contributed by atoms with Crippen LogP contribution in [0.15, 0.2) is 41.0 Å². The first-order valence-electron chi connectivity index (χ1n) is 4.80. The van der Waals surface area contributed by atoms with Gasteiger partial charge in [-0.15, -0.1) is 0 Å². The van der Waals surface area contributed by atoms with E-state index >= 15 is 0 Å². The highest BCUT2D eigenvalue weighted by Gasteiger charge is 2.03. The van der Waals surface area contributed by atoms with Gasteiger partial charge in [0.25, 0.3) is 0 Å². The van der Waals surface area contributed by atoms with Crippen LogP contribution in [0.1, 0.15) is 5.56 Å². The van der Waals surface area contributed by atoms with Gasteiger partial charge >= 0.3 is 0 Å². The number of nitrogens with one attached hydrogen (secondary N) is 1. The first-order chi connectivity index (χ1) is 7.66. The van der Waals surface area contributed by atoms with Crippen LogP contribution in [-0.2, 0) is 0 Å². The molecule has 82 valence electrons. The van der Waals surface area contributed by atoms with E-state index < -0.39 is 5.95 Å². The van der Waals surface area contributed by atoms with Crippen LogP contribution in [0.25, 0.3) is 0 Å². The topological polar surface area (TPSA) is 24.9 Å². The van der Waals surface area contributed by atoms with Crippen molar-refractivity contribution in [2.24, 2.45) is 0 Å². The largest absolute Gasteiger partial charge is 0.354 e. The van der Waals surface area contributed by atoms with E-state index in [0.717, 1.165) is 15.7 Å². The first-order valence-corrected chi connectivity index (χ1v) is 5.60. The van der Waals surface area contributed by atoms with Gasteiger partial charge in [0.15, 0.2) is 0 Å². The van der Waals surface area contributed by atoms with Crippen molar-refractivity contribution in [1.82, 2.24) is 4.98 Å². The molecule has 0 saturated heterocycles. The molecule has 1 heterocycles. The van der Waals surface area contributed by atoms with Gasteiger partial charge in [-0.25, -0.2) is 4.98 Å². The van der Waals surface area contributed by atoms with E-state index in [-0.39, 0.29) is 0 Å². The Labute approximate surface area is 102 Å². The number of anilines is 2. The molecule has 0 bridgehead atoms. The fourth-order valence-corrected chi connectivity index (χ4v) is 1.74. The Morgan fingerprint density at radius 3 is 2.88 bits per heavy atom. The van der Waals surface area contributed by atoms with Crippen LogP contribution in [0.4, 0.5) is 15.8 Å². The summed E-state index contributed by atoms with van der Waals surface area (Å²) < 4.78 is 13.9. The van der Waals surface area contributed by atoms with Crippen molar-refractivity contribution >= 4 is 27.3 Å². The Kier molecular flexibility index (Phi) is 3.19. The average Bonchev–Trinajstić information content (AvgIpc) is 2.25. The van der Waals surface area contributed by atoms with Crippen molar-refractivity contribution in [3.63, 3.8) is 0 Å². The third-order valence-corrected chi connectivity index (χ3v) is 3.25. The molecule has 0 saturated carbocycles. The zero-order valence-corrected chi connectivity index (χ0v) is 10.3. The van der Waals surface area contributed by atoms with Gasteiger partial charge in [0.2, 0.25) is 5.95 Å². The molecule has 1 aromatic carbocycles. The number of hydrogen-bond donors (Lipinski definition) is 1. The molecule has 16 heavy (non-hydrogen) atoms. The van der Waals surface area contributed by atoms with Crippen LogP contribution in [0.2, 0.25) is 0 Å². The molecule has 0 unspecified atom stereocenters. The average molecular weight is 281 g/mol. The summed E-state index contributed by atoms with van der Waals surface area (Å²) in [6.45, 7) is 2.00. The fourth-order valence-electron chi connectivity index (χ4n) is 1.38. The molecule has 0 aliphatic heterocycles. The molecule has 2 rings (SSSR count). The number of hydrogen-bond acceptors (Lipinski definition) is 2. The van der Waals surface area contributed by atoms with E-state index in [2.05, 4.69) is 26.2 Å². The minimum Gasteiger partial charge on any atom is -0.354 e. The van der Waals surface area contributed by atoms with E-state index in [0.29, 0.717) is 5.69 Å². The number of aryl methyl sites for hydroxylation is 1. The molecule has 2 nitrogen and oxygen atoms in total. The van der Waals surface area contributed by atoms with Gasteiger partial charge in [-0.3, -0.25) is 0 Å². The smallest absolute Gasteiger partial charge is 0.214 e. The van der Waals surface area contributed by atoms with Crippen molar-refractivity contribution in [3.05, 3.63) is 52.5 Å². The van der Waals surface area contributed by atoms with E-state index in [1.54, 1.807) is 6.07 Å². The summed E-state index contributed by atoms with van der Waals surface area (Å²) in [6, 6.07) is 8.95. The lowest BCUT2D eigenvalue weighted by Crippen LogP contribution is -1.94. The first kappa shape index (κ1) is 11.1. The molecule has 0 aliphatic carbocycles. The molecule has 0 spiro atoms. The van der Waals surface area contributed by atoms with Crippen LogP contribution in [0.5, 0.6) is 0 Å². The minimum atomic E-state index is -0.492. The second-order valence-electron chi connectivity index (χ2n) is 3.43. The van der Waals surface area contributed by atoms with E-state index in [1.165, 1.54) is 12.3 Å². The summed E-state index contributed by atoms with van der Waals surface area (Å²) in [5, 5.41) is 3.13. The lowest BCUT2D eigenvalue weighted by Gasteiger charge is -2.09. The highest BCUT2D eigenvalue weighted by molar-refractivity contribution is 9.10. The van der Waals surface area contributed by atoms with Crippen molar-refractivity contribution in [2.75, 3.05) is 5.32 Å². The predicted molar refractivity (Wildman–Crippen MR) is 66.4 cm³/mol. The van der Waals surface area contributed by atoms with Crippen LogP contribution in [0.3, 0.4) is 0 Å². The summed E-state index contributed by atoms with van der Waals surface area (Å²) in [5.41, 5.74) is 2.71. The molecule has 4 heteroatoms. The van der Waals surface area contributed by atoms with Crippen LogP contribution in [0, 0.1) is 12.9 Å². The van der Waals surface area contributed by atoms with Crippen LogP contribution >= 0.6 is 15.9 Å². The maximum atomic E-state index is 12.9. The Morgan fingerprint density at radius 1 is 1.31 bits per heavy atom. The quantitative estimate of drug-likeness (QED) is 0.840. The lowest BCUT2D eigenvalue weighted by atomic mass is 10.2. The number of halogens is 2. The minimum absolute atomic E-state index is 0.492. The molecule has 0 amide bonds. The van der Waals surface area contributed by atoms with Gasteiger partial charge in [-0.1, -0.05) is 12.1 Å². The number of benzene rings is 1. The summed E-state index contributed by atoms with van der Waals surface area (Å²) >= 11 is 3.48. The maximum absolute atomic E-state index is 12.9. The van der Waals surface area contributed by atoms with Gasteiger partial charge < -0.3 is 5.32 Å². The number of rotatable bonds is 2. The molecule has 1 aromatic heterocycles. The van der Waals surface area contributed by atoms with Gasteiger partial charge in [-0.05, 0) is 40.5 Å². The highest BCUT2D eigenvalue weighted by Crippen LogP contribution is 2.28. The molecule has 0 aliphatic rings. The van der Waals surface area contributed by atoms with Crippen molar-refractivity contribution in [3.8, 4) is 0 Å². The molecular weight excluding hydrogens is 271 g/mol. The second kappa shape index (κ2) is 4.61. The normalized spacial score (nSPS) is 10.2. The van der Waals surface area contributed by atoms with Crippen LogP contribution < -0.4 is 5.32 Å². The Morgan fingerprint density at radius 2 is 2.12 bits per heavy atom. The van der Waals surface area contributed by atoms with Crippen molar-refractivity contribution in [1.29, 1.82) is 0 Å². The Bertz CT molecular complexity index is 514. The van der Waals surface area contributed by atoms with Crippen molar-refractivity contribution in [2.45, 2.75) is 6.92 Å². The third-order valence-electron chi connectivity index (χ3n) is 2.20. The van der Waals surface area contributed by atoms with E-state index in [4.69, 9.17) is 0 Å². The second-order valence-corrected chi connectivity index (χ2v) is 4.22. The summed E-state index contributed by atoms with van der Waals surface area (Å²) in [5.74, 6) is -0.492. The number of pyridine rings is 1. The Balaban J connectivity index is 2.31. The predicted octanol–water partition coefficient (Wildman–Crippen LogP) is 4.04. The van der Waals surface area contributed by atoms with Gasteiger partial charge in [0.1, 0.15) is 0 Å². The molecule has 0 radical (unpaired) electrons. The number of nitrogens with zero attached hydrogens (tertiary/aromatic N) is 1. The van der Waals surface area contributed by atoms with Gasteiger partial charge in [-0.2, -0.15) is 4.39 Å². The summed E-state index contributed by atoms with van der Waals surface area (Å²) in [7, 11) is 0. The van der Waals surface area contributed by atoms with E-state index in [9.17, 15) is 4.39 Å². The molecule has 0 atom stereocenters. The monoisotopic (exact) mass is 280 g/mol. The summed E-state index contributed by atoms with van der Waals surface area (Å²) in [6.07, 6.45) is 1.43. The van der Waals surface area contributed by atoms with Crippen LogP contribution in [-0.4, -0.2) is 4.98 Å². The van der Waals surface area contributed by atoms with Crippen molar-refractivity contribution < 1.29 is 4.39 Å².